The van der Waals surface area contributed by atoms with Crippen molar-refractivity contribution >= 4 is 5.91 Å². The molecule has 7 heteroatoms. The number of nitrogens with two attached hydrogens (primary N) is 1. The molecule has 0 unspecified atom stereocenters. The molecule has 2 N–H and O–H groups in total. The topological polar surface area (TPSA) is 68.0 Å². The number of ether oxygens (including phenoxy) is 2. The third kappa shape index (κ3) is 3.17. The van der Waals surface area contributed by atoms with Crippen LogP contribution in [0.1, 0.15) is 30.0 Å². The number of nitrogens with zero attached hydrogens (tertiary/aromatic N) is 2. The minimum atomic E-state index is -0.439. The lowest BCUT2D eigenvalue weighted by Crippen LogP contribution is -2.60. The zero-order valence-corrected chi connectivity index (χ0v) is 16.0. The summed E-state index contributed by atoms with van der Waals surface area (Å²) in [7, 11) is 3.30. The second kappa shape index (κ2) is 7.28. The molecule has 0 bridgehead atoms. The van der Waals surface area contributed by atoms with Crippen LogP contribution in [0.25, 0.3) is 0 Å². The van der Waals surface area contributed by atoms with Crippen LogP contribution in [-0.2, 0) is 11.2 Å². The van der Waals surface area contributed by atoms with Gasteiger partial charge in [0.05, 0.1) is 26.9 Å². The second-order valence-electron chi connectivity index (χ2n) is 7.90. The van der Waals surface area contributed by atoms with Gasteiger partial charge in [0.2, 0.25) is 5.91 Å². The molecule has 4 rings (SSSR count). The molecule has 1 aromatic rings. The van der Waals surface area contributed by atoms with Gasteiger partial charge in [0.1, 0.15) is 0 Å². The van der Waals surface area contributed by atoms with E-state index < -0.39 is 6.67 Å². The SMILES string of the molecule is COc1cc2c(cc1OC)[C@@H]1C[C@H](N)[C@@H](N3C[C@H](CF)CC3=O)CN1CC2. The molecular weight excluding hydrogens is 349 g/mol. The number of likely N-dealkylation sites (tertiary alicyclic amines) is 1. The Bertz CT molecular complexity index is 729. The van der Waals surface area contributed by atoms with E-state index in [2.05, 4.69) is 17.0 Å². The quantitative estimate of drug-likeness (QED) is 0.862. The number of carbonyl (C=O) groups is 1. The van der Waals surface area contributed by atoms with Crippen LogP contribution in [-0.4, -0.2) is 68.3 Å². The number of piperidine rings is 1. The van der Waals surface area contributed by atoms with Crippen LogP contribution < -0.4 is 15.2 Å². The summed E-state index contributed by atoms with van der Waals surface area (Å²) in [5.41, 5.74) is 9.04. The number of hydrogen-bond donors (Lipinski definition) is 1. The van der Waals surface area contributed by atoms with Crippen LogP contribution in [0, 0.1) is 5.92 Å². The lowest BCUT2D eigenvalue weighted by Gasteiger charge is -2.48. The van der Waals surface area contributed by atoms with Gasteiger partial charge >= 0.3 is 0 Å². The van der Waals surface area contributed by atoms with Gasteiger partial charge in [-0.15, -0.1) is 0 Å². The Hall–Kier alpha value is -1.86. The summed E-state index contributed by atoms with van der Waals surface area (Å²) in [6, 6.07) is 4.20. The molecular formula is C20H28FN3O3. The van der Waals surface area contributed by atoms with Crippen LogP contribution in [0.3, 0.4) is 0 Å². The van der Waals surface area contributed by atoms with Crippen LogP contribution in [0.2, 0.25) is 0 Å². The fraction of sp³-hybridized carbons (Fsp3) is 0.650. The Balaban J connectivity index is 1.57. The number of carbonyl (C=O) groups excluding carboxylic acids is 1. The molecule has 0 aliphatic carbocycles. The van der Waals surface area contributed by atoms with E-state index in [-0.39, 0.29) is 30.0 Å². The second-order valence-corrected chi connectivity index (χ2v) is 7.90. The zero-order valence-electron chi connectivity index (χ0n) is 16.0. The highest BCUT2D eigenvalue weighted by Gasteiger charge is 2.44. The van der Waals surface area contributed by atoms with E-state index in [4.69, 9.17) is 15.2 Å². The van der Waals surface area contributed by atoms with Gasteiger partial charge in [-0.25, -0.2) is 0 Å². The first kappa shape index (κ1) is 18.5. The number of amides is 1. The first-order chi connectivity index (χ1) is 13.0. The van der Waals surface area contributed by atoms with Gasteiger partial charge in [-0.2, -0.15) is 0 Å². The predicted octanol–water partition coefficient (Wildman–Crippen LogP) is 1.52. The Morgan fingerprint density at radius 3 is 2.63 bits per heavy atom. The molecule has 148 valence electrons. The predicted molar refractivity (Wildman–Crippen MR) is 99.7 cm³/mol. The minimum Gasteiger partial charge on any atom is -0.493 e. The van der Waals surface area contributed by atoms with E-state index in [1.165, 1.54) is 11.1 Å². The zero-order chi connectivity index (χ0) is 19.1. The number of rotatable bonds is 4. The van der Waals surface area contributed by atoms with E-state index >= 15 is 0 Å². The number of benzene rings is 1. The molecule has 0 radical (unpaired) electrons. The standard InChI is InChI=1S/C20H28FN3O3/c1-26-18-6-13-3-4-23-11-17(24-10-12(9-21)5-20(24)25)15(22)8-16(23)14(13)7-19(18)27-2/h6-7,12,15-17H,3-5,8-11,22H2,1-2H3/t12-,15-,16-,17-/m0/s1. The van der Waals surface area contributed by atoms with Crippen molar-refractivity contribution < 1.29 is 18.7 Å². The third-order valence-corrected chi connectivity index (χ3v) is 6.38. The fourth-order valence-electron chi connectivity index (χ4n) is 4.93. The van der Waals surface area contributed by atoms with Crippen molar-refractivity contribution in [2.45, 2.75) is 37.4 Å². The van der Waals surface area contributed by atoms with Crippen molar-refractivity contribution in [3.8, 4) is 11.5 Å². The number of halogens is 1. The van der Waals surface area contributed by atoms with Crippen LogP contribution in [0.4, 0.5) is 4.39 Å². The first-order valence-electron chi connectivity index (χ1n) is 9.65. The summed E-state index contributed by atoms with van der Waals surface area (Å²) < 4.78 is 24.0. The molecule has 0 aromatic heterocycles. The fourth-order valence-corrected chi connectivity index (χ4v) is 4.93. The molecule has 27 heavy (non-hydrogen) atoms. The van der Waals surface area contributed by atoms with Crippen LogP contribution >= 0.6 is 0 Å². The molecule has 2 saturated heterocycles. The molecule has 6 nitrogen and oxygen atoms in total. The van der Waals surface area contributed by atoms with E-state index in [0.29, 0.717) is 13.0 Å². The number of methoxy groups -OCH3 is 2. The molecule has 3 aliphatic rings. The van der Waals surface area contributed by atoms with E-state index in [1.54, 1.807) is 14.2 Å². The maximum atomic E-state index is 13.0. The van der Waals surface area contributed by atoms with Gasteiger partial charge in [-0.3, -0.25) is 14.1 Å². The molecule has 1 amide bonds. The number of fused-ring (bicyclic) bond motifs is 3. The average Bonchev–Trinajstić information content (AvgIpc) is 3.06. The monoisotopic (exact) mass is 377 g/mol. The summed E-state index contributed by atoms with van der Waals surface area (Å²) >= 11 is 0. The largest absolute Gasteiger partial charge is 0.493 e. The first-order valence-corrected chi connectivity index (χ1v) is 9.65. The molecule has 0 saturated carbocycles. The lowest BCUT2D eigenvalue weighted by atomic mass is 9.83. The smallest absolute Gasteiger partial charge is 0.223 e. The normalized spacial score (nSPS) is 30.8. The van der Waals surface area contributed by atoms with E-state index in [1.807, 2.05) is 4.90 Å². The maximum Gasteiger partial charge on any atom is 0.223 e. The van der Waals surface area contributed by atoms with Gasteiger partial charge in [0.15, 0.2) is 11.5 Å². The summed E-state index contributed by atoms with van der Waals surface area (Å²) in [5, 5.41) is 0. The highest BCUT2D eigenvalue weighted by Crippen LogP contribution is 2.42. The lowest BCUT2D eigenvalue weighted by molar-refractivity contribution is -0.131. The highest BCUT2D eigenvalue weighted by molar-refractivity contribution is 5.79. The van der Waals surface area contributed by atoms with Gasteiger partial charge in [-0.1, -0.05) is 0 Å². The van der Waals surface area contributed by atoms with Crippen molar-refractivity contribution in [2.75, 3.05) is 40.5 Å². The van der Waals surface area contributed by atoms with Gasteiger partial charge in [0.25, 0.3) is 0 Å². The molecule has 2 fully saturated rings. The molecule has 0 spiro atoms. The van der Waals surface area contributed by atoms with Gasteiger partial charge < -0.3 is 20.1 Å². The average molecular weight is 377 g/mol. The Labute approximate surface area is 159 Å². The Kier molecular flexibility index (Phi) is 4.99. The molecule has 4 atom stereocenters. The minimum absolute atomic E-state index is 0.0352. The summed E-state index contributed by atoms with van der Waals surface area (Å²) in [6.45, 7) is 1.72. The molecule has 1 aromatic carbocycles. The summed E-state index contributed by atoms with van der Waals surface area (Å²) in [4.78, 5) is 16.6. The van der Waals surface area contributed by atoms with Crippen LogP contribution in [0.15, 0.2) is 12.1 Å². The molecule has 3 heterocycles. The molecule has 3 aliphatic heterocycles. The Morgan fingerprint density at radius 2 is 1.96 bits per heavy atom. The number of hydrogen-bond acceptors (Lipinski definition) is 5. The third-order valence-electron chi connectivity index (χ3n) is 6.38. The van der Waals surface area contributed by atoms with Crippen molar-refractivity contribution in [2.24, 2.45) is 11.7 Å². The van der Waals surface area contributed by atoms with Crippen molar-refractivity contribution in [1.82, 2.24) is 9.80 Å². The van der Waals surface area contributed by atoms with Crippen molar-refractivity contribution in [1.29, 1.82) is 0 Å². The maximum absolute atomic E-state index is 13.0. The van der Waals surface area contributed by atoms with E-state index in [9.17, 15) is 9.18 Å². The van der Waals surface area contributed by atoms with Gasteiger partial charge in [0, 0.05) is 44.1 Å². The van der Waals surface area contributed by atoms with Crippen molar-refractivity contribution in [3.05, 3.63) is 23.3 Å². The van der Waals surface area contributed by atoms with E-state index in [0.717, 1.165) is 37.4 Å². The van der Waals surface area contributed by atoms with Gasteiger partial charge in [-0.05, 0) is 36.1 Å². The van der Waals surface area contributed by atoms with Crippen LogP contribution in [0.5, 0.6) is 11.5 Å². The number of alkyl halides is 1. The summed E-state index contributed by atoms with van der Waals surface area (Å²) in [6.07, 6.45) is 2.01. The highest BCUT2D eigenvalue weighted by atomic mass is 19.1. The summed E-state index contributed by atoms with van der Waals surface area (Å²) in [5.74, 6) is 1.35. The van der Waals surface area contributed by atoms with Crippen molar-refractivity contribution in [3.63, 3.8) is 0 Å². The Morgan fingerprint density at radius 1 is 1.22 bits per heavy atom.